The Bertz CT molecular complexity index is 582. The van der Waals surface area contributed by atoms with Gasteiger partial charge < -0.3 is 9.64 Å². The lowest BCUT2D eigenvalue weighted by Gasteiger charge is -2.27. The quantitative estimate of drug-likeness (QED) is 0.777. The third-order valence-corrected chi connectivity index (χ3v) is 5.20. The number of esters is 1. The van der Waals surface area contributed by atoms with E-state index in [1.165, 1.54) is 7.11 Å². The highest BCUT2D eigenvalue weighted by atomic mass is 32.2. The minimum atomic E-state index is -2.94. The molecule has 104 valence electrons. The van der Waals surface area contributed by atoms with E-state index in [9.17, 15) is 13.2 Å². The summed E-state index contributed by atoms with van der Waals surface area (Å²) in [6.45, 7) is 0. The highest BCUT2D eigenvalue weighted by Gasteiger charge is 2.32. The first-order chi connectivity index (χ1) is 8.94. The minimum Gasteiger partial charge on any atom is -0.465 e. The summed E-state index contributed by atoms with van der Waals surface area (Å²) in [6.07, 6.45) is 0.592. The molecule has 1 atom stereocenters. The minimum absolute atomic E-state index is 0.0872. The van der Waals surface area contributed by atoms with Crippen LogP contribution in [0.5, 0.6) is 0 Å². The van der Waals surface area contributed by atoms with Crippen molar-refractivity contribution in [3.63, 3.8) is 0 Å². The zero-order valence-corrected chi connectivity index (χ0v) is 11.8. The maximum Gasteiger partial charge on any atom is 0.339 e. The average Bonchev–Trinajstić information content (AvgIpc) is 2.77. The van der Waals surface area contributed by atoms with Gasteiger partial charge in [-0.2, -0.15) is 0 Å². The molecule has 19 heavy (non-hydrogen) atoms. The predicted molar refractivity (Wildman–Crippen MR) is 73.2 cm³/mol. The number of hydrogen-bond acceptors (Lipinski definition) is 5. The second kappa shape index (κ2) is 5.21. The smallest absolute Gasteiger partial charge is 0.339 e. The summed E-state index contributed by atoms with van der Waals surface area (Å²) in [4.78, 5) is 13.6. The van der Waals surface area contributed by atoms with Gasteiger partial charge in [0.15, 0.2) is 9.84 Å². The zero-order valence-electron chi connectivity index (χ0n) is 11.0. The SMILES string of the molecule is COC(=O)c1ccccc1N(C)C1CCS(=O)(=O)C1. The molecule has 1 unspecified atom stereocenters. The van der Waals surface area contributed by atoms with Crippen molar-refractivity contribution in [3.05, 3.63) is 29.8 Å². The zero-order chi connectivity index (χ0) is 14.0. The van der Waals surface area contributed by atoms with Crippen molar-refractivity contribution in [1.29, 1.82) is 0 Å². The summed E-state index contributed by atoms with van der Waals surface area (Å²) in [5.74, 6) is -0.0650. The Balaban J connectivity index is 2.29. The van der Waals surface area contributed by atoms with E-state index in [-0.39, 0.29) is 17.5 Å². The molecule has 0 bridgehead atoms. The van der Waals surface area contributed by atoms with E-state index >= 15 is 0 Å². The number of hydrogen-bond donors (Lipinski definition) is 0. The second-order valence-corrected chi connectivity index (χ2v) is 6.91. The van der Waals surface area contributed by atoms with Crippen LogP contribution in [0.25, 0.3) is 0 Å². The molecule has 1 fully saturated rings. The highest BCUT2D eigenvalue weighted by molar-refractivity contribution is 7.91. The van der Waals surface area contributed by atoms with E-state index < -0.39 is 15.8 Å². The first kappa shape index (κ1) is 13.9. The molecule has 2 rings (SSSR count). The monoisotopic (exact) mass is 283 g/mol. The molecule has 1 aromatic rings. The Hall–Kier alpha value is -1.56. The lowest BCUT2D eigenvalue weighted by molar-refractivity contribution is 0.0601. The van der Waals surface area contributed by atoms with E-state index in [0.717, 1.165) is 0 Å². The number of carbonyl (C=O) groups is 1. The third kappa shape index (κ3) is 2.89. The van der Waals surface area contributed by atoms with Crippen LogP contribution in [0.3, 0.4) is 0 Å². The van der Waals surface area contributed by atoms with Crippen LogP contribution in [0.2, 0.25) is 0 Å². The maximum atomic E-state index is 11.7. The highest BCUT2D eigenvalue weighted by Crippen LogP contribution is 2.26. The summed E-state index contributed by atoms with van der Waals surface area (Å²) in [6, 6.07) is 6.98. The molecule has 0 aliphatic carbocycles. The van der Waals surface area contributed by atoms with Gasteiger partial charge in [-0.1, -0.05) is 12.1 Å². The summed E-state index contributed by atoms with van der Waals surface area (Å²) in [5, 5.41) is 0. The van der Waals surface area contributed by atoms with Gasteiger partial charge in [0.05, 0.1) is 29.9 Å². The predicted octanol–water partition coefficient (Wildman–Crippen LogP) is 1.10. The van der Waals surface area contributed by atoms with Crippen LogP contribution < -0.4 is 4.90 Å². The molecular formula is C13H17NO4S. The van der Waals surface area contributed by atoms with Gasteiger partial charge >= 0.3 is 5.97 Å². The largest absolute Gasteiger partial charge is 0.465 e. The molecule has 0 saturated carbocycles. The summed E-state index contributed by atoms with van der Waals surface area (Å²) in [7, 11) is 0.200. The number of anilines is 1. The first-order valence-corrected chi connectivity index (χ1v) is 7.87. The fourth-order valence-electron chi connectivity index (χ4n) is 2.34. The number of nitrogens with zero attached hydrogens (tertiary/aromatic N) is 1. The molecule has 1 aliphatic heterocycles. The molecule has 1 aliphatic rings. The number of rotatable bonds is 3. The van der Waals surface area contributed by atoms with E-state index in [2.05, 4.69) is 0 Å². The number of sulfone groups is 1. The summed E-state index contributed by atoms with van der Waals surface area (Å²) in [5.41, 5.74) is 1.16. The van der Waals surface area contributed by atoms with Crippen LogP contribution in [-0.4, -0.2) is 46.1 Å². The molecule has 0 N–H and O–H groups in total. The van der Waals surface area contributed by atoms with Gasteiger partial charge in [0.25, 0.3) is 0 Å². The molecule has 1 saturated heterocycles. The molecule has 5 nitrogen and oxygen atoms in total. The topological polar surface area (TPSA) is 63.7 Å². The fourth-order valence-corrected chi connectivity index (χ4v) is 4.12. The van der Waals surface area contributed by atoms with Crippen molar-refractivity contribution in [2.45, 2.75) is 12.5 Å². The lowest BCUT2D eigenvalue weighted by atomic mass is 10.1. The molecule has 0 radical (unpaired) electrons. The standard InChI is InChI=1S/C13H17NO4S/c1-14(10-7-8-19(16,17)9-10)12-6-4-3-5-11(12)13(15)18-2/h3-6,10H,7-9H2,1-2H3. The molecule has 0 aromatic heterocycles. The normalized spacial score (nSPS) is 21.1. The number of para-hydroxylation sites is 1. The Kier molecular flexibility index (Phi) is 3.80. The molecule has 6 heteroatoms. The van der Waals surface area contributed by atoms with Crippen molar-refractivity contribution in [2.75, 3.05) is 30.6 Å². The lowest BCUT2D eigenvalue weighted by Crippen LogP contribution is -2.33. The van der Waals surface area contributed by atoms with Crippen molar-refractivity contribution >= 4 is 21.5 Å². The van der Waals surface area contributed by atoms with E-state index in [1.54, 1.807) is 18.2 Å². The Morgan fingerprint density at radius 3 is 2.63 bits per heavy atom. The number of ether oxygens (including phenoxy) is 1. The Morgan fingerprint density at radius 1 is 1.37 bits per heavy atom. The van der Waals surface area contributed by atoms with Crippen molar-refractivity contribution in [2.24, 2.45) is 0 Å². The van der Waals surface area contributed by atoms with E-state index in [1.807, 2.05) is 18.0 Å². The van der Waals surface area contributed by atoms with Gasteiger partial charge in [-0.05, 0) is 18.6 Å². The summed E-state index contributed by atoms with van der Waals surface area (Å²) >= 11 is 0. The maximum absolute atomic E-state index is 11.7. The fraction of sp³-hybridized carbons (Fsp3) is 0.462. The molecule has 1 aromatic carbocycles. The number of benzene rings is 1. The number of carbonyl (C=O) groups excluding carboxylic acids is 1. The molecule has 0 spiro atoms. The van der Waals surface area contributed by atoms with E-state index in [4.69, 9.17) is 4.74 Å². The average molecular weight is 283 g/mol. The molecular weight excluding hydrogens is 266 g/mol. The first-order valence-electron chi connectivity index (χ1n) is 6.05. The van der Waals surface area contributed by atoms with Crippen LogP contribution >= 0.6 is 0 Å². The Labute approximate surface area is 113 Å². The number of methoxy groups -OCH3 is 1. The van der Waals surface area contributed by atoms with Gasteiger partial charge in [0.1, 0.15) is 0 Å². The molecule has 1 heterocycles. The van der Waals surface area contributed by atoms with Crippen molar-refractivity contribution in [1.82, 2.24) is 0 Å². The second-order valence-electron chi connectivity index (χ2n) is 4.68. The third-order valence-electron chi connectivity index (χ3n) is 3.45. The summed E-state index contributed by atoms with van der Waals surface area (Å²) < 4.78 is 27.8. The van der Waals surface area contributed by atoms with Crippen LogP contribution in [0.4, 0.5) is 5.69 Å². The molecule has 0 amide bonds. The van der Waals surface area contributed by atoms with Gasteiger partial charge in [-0.25, -0.2) is 13.2 Å². The van der Waals surface area contributed by atoms with Crippen LogP contribution in [0, 0.1) is 0 Å². The van der Waals surface area contributed by atoms with Gasteiger partial charge in [0, 0.05) is 13.1 Å². The van der Waals surface area contributed by atoms with Crippen LogP contribution in [0.1, 0.15) is 16.8 Å². The Morgan fingerprint density at radius 2 is 2.05 bits per heavy atom. The van der Waals surface area contributed by atoms with Crippen LogP contribution in [-0.2, 0) is 14.6 Å². The van der Waals surface area contributed by atoms with E-state index in [0.29, 0.717) is 17.7 Å². The van der Waals surface area contributed by atoms with Crippen molar-refractivity contribution < 1.29 is 17.9 Å². The van der Waals surface area contributed by atoms with Crippen LogP contribution in [0.15, 0.2) is 24.3 Å². The van der Waals surface area contributed by atoms with Crippen molar-refractivity contribution in [3.8, 4) is 0 Å². The van der Waals surface area contributed by atoms with Gasteiger partial charge in [0.2, 0.25) is 0 Å². The van der Waals surface area contributed by atoms with Gasteiger partial charge in [-0.15, -0.1) is 0 Å². The van der Waals surface area contributed by atoms with Gasteiger partial charge in [-0.3, -0.25) is 0 Å².